The van der Waals surface area contributed by atoms with Crippen LogP contribution in [0.15, 0.2) is 11.6 Å². The number of carbonyl (C=O) groups is 1. The van der Waals surface area contributed by atoms with Gasteiger partial charge in [-0.2, -0.15) is 26.3 Å². The highest BCUT2D eigenvalue weighted by molar-refractivity contribution is 5.75. The van der Waals surface area contributed by atoms with E-state index in [0.717, 1.165) is 0 Å². The molecule has 0 aromatic carbocycles. The largest absolute Gasteiger partial charge is 0.492 e. The number of hydroxylamine groups is 2. The first-order chi connectivity index (χ1) is 7.60. The lowest BCUT2D eigenvalue weighted by molar-refractivity contribution is -0.238. The summed E-state index contributed by atoms with van der Waals surface area (Å²) in [6, 6.07) is 0. The van der Waals surface area contributed by atoms with Crippen LogP contribution in [0.1, 0.15) is 6.42 Å². The van der Waals surface area contributed by atoms with Crippen LogP contribution in [-0.2, 0) is 9.63 Å². The first-order valence-electron chi connectivity index (χ1n) is 4.41. The van der Waals surface area contributed by atoms with E-state index in [0.29, 0.717) is 11.1 Å². The van der Waals surface area contributed by atoms with Gasteiger partial charge in [-0.1, -0.05) is 6.08 Å². The van der Waals surface area contributed by atoms with E-state index in [1.807, 2.05) is 0 Å². The lowest BCUT2D eigenvalue weighted by atomic mass is 10.1. The molecule has 17 heavy (non-hydrogen) atoms. The molecule has 0 N–H and O–H groups in total. The third-order valence-electron chi connectivity index (χ3n) is 1.98. The maximum atomic E-state index is 12.1. The van der Waals surface area contributed by atoms with Gasteiger partial charge in [0.1, 0.15) is 0 Å². The average Bonchev–Trinajstić information content (AvgIpc) is 2.15. The molecule has 0 amide bonds. The molecular weight excluding hydrogens is 256 g/mol. The van der Waals surface area contributed by atoms with Crippen LogP contribution in [-0.4, -0.2) is 36.5 Å². The van der Waals surface area contributed by atoms with E-state index in [2.05, 4.69) is 4.84 Å². The highest BCUT2D eigenvalue weighted by atomic mass is 19.4. The molecule has 0 saturated carbocycles. The van der Waals surface area contributed by atoms with Crippen LogP contribution in [0, 0.1) is 0 Å². The molecule has 0 unspecified atom stereocenters. The zero-order valence-electron chi connectivity index (χ0n) is 8.23. The number of rotatable bonds is 1. The predicted molar refractivity (Wildman–Crippen MR) is 42.5 cm³/mol. The van der Waals surface area contributed by atoms with Crippen molar-refractivity contribution in [3.05, 3.63) is 11.6 Å². The Bertz CT molecular complexity index is 332. The molecule has 0 aromatic rings. The van der Waals surface area contributed by atoms with Crippen LogP contribution < -0.4 is 0 Å². The molecule has 1 rings (SSSR count). The van der Waals surface area contributed by atoms with Crippen molar-refractivity contribution >= 4 is 5.97 Å². The summed E-state index contributed by atoms with van der Waals surface area (Å²) in [6.07, 6.45) is -9.49. The van der Waals surface area contributed by atoms with Crippen molar-refractivity contribution < 1.29 is 36.0 Å². The van der Waals surface area contributed by atoms with Gasteiger partial charge in [-0.15, -0.1) is 5.06 Å². The number of hydrogen-bond acceptors (Lipinski definition) is 3. The van der Waals surface area contributed by atoms with Crippen LogP contribution in [0.4, 0.5) is 26.3 Å². The van der Waals surface area contributed by atoms with Gasteiger partial charge in [0.05, 0.1) is 6.54 Å². The lowest BCUT2D eigenvalue weighted by Crippen LogP contribution is -2.38. The molecule has 1 aliphatic rings. The molecule has 98 valence electrons. The zero-order chi connectivity index (χ0) is 13.3. The average molecular weight is 263 g/mol. The van der Waals surface area contributed by atoms with E-state index in [-0.39, 0.29) is 0 Å². The van der Waals surface area contributed by atoms with E-state index >= 15 is 0 Å². The summed E-state index contributed by atoms with van der Waals surface area (Å²) in [5, 5.41) is 0.533. The number of carbonyl (C=O) groups excluding carboxylic acids is 1. The van der Waals surface area contributed by atoms with Crippen molar-refractivity contribution in [1.82, 2.24) is 5.06 Å². The van der Waals surface area contributed by atoms with Gasteiger partial charge < -0.3 is 4.84 Å². The van der Waals surface area contributed by atoms with Gasteiger partial charge in [0.25, 0.3) is 0 Å². The van der Waals surface area contributed by atoms with E-state index in [1.54, 1.807) is 0 Å². The maximum absolute atomic E-state index is 12.1. The topological polar surface area (TPSA) is 29.5 Å². The molecule has 0 aliphatic carbocycles. The van der Waals surface area contributed by atoms with Crippen LogP contribution in [0.25, 0.3) is 0 Å². The maximum Gasteiger partial charge on any atom is 0.492 e. The monoisotopic (exact) mass is 263 g/mol. The summed E-state index contributed by atoms with van der Waals surface area (Å²) in [5.41, 5.74) is -0.836. The summed E-state index contributed by atoms with van der Waals surface area (Å²) >= 11 is 0. The SMILES string of the molecule is O=C(ON1CC=C(C(F)(F)F)CC1)C(F)(F)F. The fourth-order valence-electron chi connectivity index (χ4n) is 1.16. The van der Waals surface area contributed by atoms with Crippen molar-refractivity contribution in [2.24, 2.45) is 0 Å². The Kier molecular flexibility index (Phi) is 3.70. The van der Waals surface area contributed by atoms with E-state index in [9.17, 15) is 31.1 Å². The van der Waals surface area contributed by atoms with Gasteiger partial charge >= 0.3 is 18.3 Å². The highest BCUT2D eigenvalue weighted by Gasteiger charge is 2.43. The van der Waals surface area contributed by atoms with Gasteiger partial charge in [0, 0.05) is 12.1 Å². The zero-order valence-corrected chi connectivity index (χ0v) is 8.23. The van der Waals surface area contributed by atoms with E-state index in [1.165, 1.54) is 0 Å². The Balaban J connectivity index is 2.54. The summed E-state index contributed by atoms with van der Waals surface area (Å²) in [4.78, 5) is 14.3. The van der Waals surface area contributed by atoms with Crippen LogP contribution in [0.5, 0.6) is 0 Å². The van der Waals surface area contributed by atoms with Gasteiger partial charge in [-0.3, -0.25) is 0 Å². The van der Waals surface area contributed by atoms with Crippen LogP contribution in [0.2, 0.25) is 0 Å². The van der Waals surface area contributed by atoms with Crippen molar-refractivity contribution in [3.8, 4) is 0 Å². The minimum absolute atomic E-state index is 0.423. The Morgan fingerprint density at radius 2 is 1.82 bits per heavy atom. The second-order valence-electron chi connectivity index (χ2n) is 3.24. The van der Waals surface area contributed by atoms with Gasteiger partial charge in [-0.25, -0.2) is 4.79 Å². The number of nitrogens with zero attached hydrogens (tertiary/aromatic N) is 1. The molecule has 9 heteroatoms. The summed E-state index contributed by atoms with van der Waals surface area (Å²) < 4.78 is 71.8. The van der Waals surface area contributed by atoms with Crippen molar-refractivity contribution in [2.75, 3.05) is 13.1 Å². The fraction of sp³-hybridized carbons (Fsp3) is 0.625. The van der Waals surface area contributed by atoms with E-state index < -0.39 is 43.4 Å². The molecule has 0 atom stereocenters. The van der Waals surface area contributed by atoms with Crippen molar-refractivity contribution in [1.29, 1.82) is 0 Å². The predicted octanol–water partition coefficient (Wildman–Crippen LogP) is 2.20. The number of halogens is 6. The van der Waals surface area contributed by atoms with Gasteiger partial charge in [0.2, 0.25) is 0 Å². The van der Waals surface area contributed by atoms with Crippen LogP contribution in [0.3, 0.4) is 0 Å². The van der Waals surface area contributed by atoms with Gasteiger partial charge in [0.15, 0.2) is 0 Å². The Hall–Kier alpha value is -1.25. The number of hydrogen-bond donors (Lipinski definition) is 0. The summed E-state index contributed by atoms with van der Waals surface area (Å²) in [5.74, 6) is -2.44. The summed E-state index contributed by atoms with van der Waals surface area (Å²) in [6.45, 7) is -0.941. The van der Waals surface area contributed by atoms with Crippen molar-refractivity contribution in [3.63, 3.8) is 0 Å². The normalized spacial score (nSPS) is 18.8. The summed E-state index contributed by atoms with van der Waals surface area (Å²) in [7, 11) is 0. The number of alkyl halides is 6. The third kappa shape index (κ3) is 3.91. The molecule has 0 fully saturated rings. The molecule has 0 radical (unpaired) electrons. The van der Waals surface area contributed by atoms with Crippen LogP contribution >= 0.6 is 0 Å². The smallest absolute Gasteiger partial charge is 0.360 e. The molecular formula is C8H7F6NO2. The first-order valence-corrected chi connectivity index (χ1v) is 4.41. The Morgan fingerprint density at radius 1 is 1.24 bits per heavy atom. The molecule has 0 aromatic heterocycles. The standard InChI is InChI=1S/C8H7F6NO2/c9-7(10,11)5-1-3-15(4-2-5)17-6(16)8(12,13)14/h1H,2-4H2. The molecule has 1 aliphatic heterocycles. The quantitative estimate of drug-likeness (QED) is 0.536. The molecule has 1 heterocycles. The second kappa shape index (κ2) is 4.55. The van der Waals surface area contributed by atoms with Crippen molar-refractivity contribution in [2.45, 2.75) is 18.8 Å². The second-order valence-corrected chi connectivity index (χ2v) is 3.24. The molecule has 0 bridgehead atoms. The Labute approximate surface area is 91.6 Å². The minimum atomic E-state index is -5.16. The minimum Gasteiger partial charge on any atom is -0.360 e. The third-order valence-corrected chi connectivity index (χ3v) is 1.98. The van der Waals surface area contributed by atoms with E-state index in [4.69, 9.17) is 0 Å². The lowest BCUT2D eigenvalue weighted by Gasteiger charge is -2.25. The highest BCUT2D eigenvalue weighted by Crippen LogP contribution is 2.30. The first kappa shape index (κ1) is 13.8. The Morgan fingerprint density at radius 3 is 2.18 bits per heavy atom. The molecule has 3 nitrogen and oxygen atoms in total. The fourth-order valence-corrected chi connectivity index (χ4v) is 1.16. The van der Waals surface area contributed by atoms with Gasteiger partial charge in [-0.05, 0) is 6.42 Å². The molecule has 0 spiro atoms. The molecule has 0 saturated heterocycles.